The van der Waals surface area contributed by atoms with Crippen molar-refractivity contribution >= 4 is 0 Å². The van der Waals surface area contributed by atoms with Gasteiger partial charge in [0.05, 0.1) is 0 Å². The smallest absolute Gasteiger partial charge is 0.0298 e. The SMILES string of the molecule is CC.CC.CCCCC.CCCCCCCCC(C(C)CCC(C)C)C(C)(CC)CCC(C)CCC. The van der Waals surface area contributed by atoms with Gasteiger partial charge in [-0.15, -0.1) is 0 Å². The van der Waals surface area contributed by atoms with Crippen molar-refractivity contribution in [3.8, 4) is 0 Å². The van der Waals surface area contributed by atoms with Gasteiger partial charge in [-0.25, -0.2) is 0 Å². The first-order chi connectivity index (χ1) is 17.2. The third-order valence-electron chi connectivity index (χ3n) is 8.15. The summed E-state index contributed by atoms with van der Waals surface area (Å²) < 4.78 is 0. The van der Waals surface area contributed by atoms with Gasteiger partial charge in [0.15, 0.2) is 0 Å². The maximum Gasteiger partial charge on any atom is -0.0298 e. The van der Waals surface area contributed by atoms with Crippen LogP contribution in [0.15, 0.2) is 0 Å². The zero-order valence-corrected chi connectivity index (χ0v) is 28.8. The van der Waals surface area contributed by atoms with Crippen LogP contribution in [-0.4, -0.2) is 0 Å². The highest BCUT2D eigenvalue weighted by Crippen LogP contribution is 2.45. The van der Waals surface area contributed by atoms with Crippen LogP contribution in [0.2, 0.25) is 0 Å². The zero-order chi connectivity index (χ0) is 28.8. The van der Waals surface area contributed by atoms with Gasteiger partial charge in [-0.05, 0) is 41.9 Å². The van der Waals surface area contributed by atoms with Gasteiger partial charge in [0, 0.05) is 0 Å². The molecule has 4 unspecified atom stereocenters. The molecule has 0 aromatic heterocycles. The first kappa shape index (κ1) is 43.1. The molecule has 0 spiro atoms. The lowest BCUT2D eigenvalue weighted by Crippen LogP contribution is -2.32. The van der Waals surface area contributed by atoms with E-state index in [1.165, 1.54) is 109 Å². The Kier molecular flexibility index (Phi) is 39.5. The Labute approximate surface area is 235 Å². The minimum Gasteiger partial charge on any atom is -0.0683 e. The topological polar surface area (TPSA) is 0 Å². The summed E-state index contributed by atoms with van der Waals surface area (Å²) in [7, 11) is 0. The van der Waals surface area contributed by atoms with Crippen LogP contribution in [0.1, 0.15) is 206 Å². The Bertz CT molecular complexity index is 355. The van der Waals surface area contributed by atoms with Crippen molar-refractivity contribution in [3.63, 3.8) is 0 Å². The Morgan fingerprint density at radius 3 is 1.42 bits per heavy atom. The molecule has 224 valence electrons. The van der Waals surface area contributed by atoms with E-state index in [1.54, 1.807) is 0 Å². The van der Waals surface area contributed by atoms with Crippen LogP contribution in [0.3, 0.4) is 0 Å². The molecule has 0 N–H and O–H groups in total. The summed E-state index contributed by atoms with van der Waals surface area (Å²) in [5, 5.41) is 0. The number of unbranched alkanes of at least 4 members (excludes halogenated alkanes) is 7. The number of hydrogen-bond acceptors (Lipinski definition) is 0. The van der Waals surface area contributed by atoms with E-state index in [9.17, 15) is 0 Å². The Balaban J connectivity index is -0.000000492. The van der Waals surface area contributed by atoms with Crippen LogP contribution in [0.5, 0.6) is 0 Å². The summed E-state index contributed by atoms with van der Waals surface area (Å²) in [6, 6.07) is 0. The second-order valence-electron chi connectivity index (χ2n) is 11.9. The van der Waals surface area contributed by atoms with Gasteiger partial charge in [0.2, 0.25) is 0 Å². The van der Waals surface area contributed by atoms with Crippen molar-refractivity contribution < 1.29 is 0 Å². The first-order valence-corrected chi connectivity index (χ1v) is 17.2. The highest BCUT2D eigenvalue weighted by molar-refractivity contribution is 4.85. The van der Waals surface area contributed by atoms with Gasteiger partial charge in [0.1, 0.15) is 0 Å². The van der Waals surface area contributed by atoms with E-state index < -0.39 is 0 Å². The molecule has 0 aliphatic heterocycles. The molecule has 0 heterocycles. The monoisotopic (exact) mass is 513 g/mol. The molecular formula is C36H80. The van der Waals surface area contributed by atoms with Crippen molar-refractivity contribution in [2.45, 2.75) is 206 Å². The summed E-state index contributed by atoms with van der Waals surface area (Å²) in [4.78, 5) is 0. The second kappa shape index (κ2) is 33.0. The molecule has 0 radical (unpaired) electrons. The van der Waals surface area contributed by atoms with Gasteiger partial charge in [0.25, 0.3) is 0 Å². The molecule has 0 aromatic carbocycles. The standard InChI is InChI=1S/C27H56.C5H12.2C2H6/c1-9-12-13-14-15-16-18-26(25(7)20-19-23(4)5)27(8,11-3)22-21-24(6)17-10-2;1-3-5-4-2;2*1-2/h23-26H,9-22H2,1-8H3;3-5H2,1-2H3;2*1-2H3. The molecule has 4 atom stereocenters. The summed E-state index contributed by atoms with van der Waals surface area (Å²) >= 11 is 0. The molecular weight excluding hydrogens is 432 g/mol. The fourth-order valence-corrected chi connectivity index (χ4v) is 5.45. The van der Waals surface area contributed by atoms with E-state index in [2.05, 4.69) is 69.2 Å². The predicted molar refractivity (Wildman–Crippen MR) is 174 cm³/mol. The van der Waals surface area contributed by atoms with E-state index >= 15 is 0 Å². The lowest BCUT2D eigenvalue weighted by molar-refractivity contribution is 0.0816. The molecule has 36 heavy (non-hydrogen) atoms. The fraction of sp³-hybridized carbons (Fsp3) is 1.00. The van der Waals surface area contributed by atoms with Gasteiger partial charge in [-0.1, -0.05) is 193 Å². The van der Waals surface area contributed by atoms with Crippen LogP contribution < -0.4 is 0 Å². The van der Waals surface area contributed by atoms with E-state index in [1.807, 2.05) is 27.7 Å². The minimum absolute atomic E-state index is 0.543. The maximum absolute atomic E-state index is 2.64. The summed E-state index contributed by atoms with van der Waals surface area (Å²) in [6.45, 7) is 32.0. The van der Waals surface area contributed by atoms with Crippen molar-refractivity contribution in [3.05, 3.63) is 0 Å². The molecule has 0 nitrogen and oxygen atoms in total. The van der Waals surface area contributed by atoms with E-state index in [0.717, 1.165) is 23.7 Å². The largest absolute Gasteiger partial charge is 0.0683 e. The van der Waals surface area contributed by atoms with Crippen LogP contribution in [0.4, 0.5) is 0 Å². The predicted octanol–water partition coefficient (Wildman–Crippen LogP) is 14.3. The molecule has 0 aromatic rings. The van der Waals surface area contributed by atoms with Crippen molar-refractivity contribution in [2.75, 3.05) is 0 Å². The van der Waals surface area contributed by atoms with Crippen LogP contribution in [-0.2, 0) is 0 Å². The first-order valence-electron chi connectivity index (χ1n) is 17.2. The van der Waals surface area contributed by atoms with Crippen LogP contribution in [0, 0.1) is 29.1 Å². The van der Waals surface area contributed by atoms with Crippen molar-refractivity contribution in [2.24, 2.45) is 29.1 Å². The maximum atomic E-state index is 2.64. The third-order valence-corrected chi connectivity index (χ3v) is 8.15. The minimum atomic E-state index is 0.543. The highest BCUT2D eigenvalue weighted by Gasteiger charge is 2.35. The Hall–Kier alpha value is 0. The number of rotatable bonds is 20. The summed E-state index contributed by atoms with van der Waals surface area (Å²) in [5.74, 6) is 3.55. The molecule has 0 saturated carbocycles. The highest BCUT2D eigenvalue weighted by atomic mass is 14.4. The molecule has 0 heteroatoms. The summed E-state index contributed by atoms with van der Waals surface area (Å²) in [5.41, 5.74) is 0.543. The average Bonchev–Trinajstić information content (AvgIpc) is 2.89. The van der Waals surface area contributed by atoms with Gasteiger partial charge in [-0.3, -0.25) is 0 Å². The molecule has 0 rings (SSSR count). The van der Waals surface area contributed by atoms with E-state index in [4.69, 9.17) is 0 Å². The van der Waals surface area contributed by atoms with E-state index in [-0.39, 0.29) is 0 Å². The lowest BCUT2D eigenvalue weighted by atomic mass is 9.63. The molecule has 0 aliphatic rings. The van der Waals surface area contributed by atoms with Crippen molar-refractivity contribution in [1.82, 2.24) is 0 Å². The Morgan fingerprint density at radius 2 is 1.00 bits per heavy atom. The van der Waals surface area contributed by atoms with Gasteiger partial charge < -0.3 is 0 Å². The van der Waals surface area contributed by atoms with Crippen molar-refractivity contribution in [1.29, 1.82) is 0 Å². The number of hydrogen-bond donors (Lipinski definition) is 0. The quantitative estimate of drug-likeness (QED) is 0.142. The third kappa shape index (κ3) is 27.0. The van der Waals surface area contributed by atoms with Gasteiger partial charge >= 0.3 is 0 Å². The average molecular weight is 513 g/mol. The van der Waals surface area contributed by atoms with Crippen LogP contribution >= 0.6 is 0 Å². The lowest BCUT2D eigenvalue weighted by Gasteiger charge is -2.42. The molecule has 0 bridgehead atoms. The molecule has 0 aliphatic carbocycles. The second-order valence-corrected chi connectivity index (χ2v) is 11.9. The summed E-state index contributed by atoms with van der Waals surface area (Å²) in [6.07, 6.45) is 24.0. The molecule has 0 fully saturated rings. The normalized spacial score (nSPS) is 14.8. The zero-order valence-electron chi connectivity index (χ0n) is 28.8. The fourth-order valence-electron chi connectivity index (χ4n) is 5.45. The molecule has 0 saturated heterocycles. The van der Waals surface area contributed by atoms with Crippen LogP contribution in [0.25, 0.3) is 0 Å². The van der Waals surface area contributed by atoms with E-state index in [0.29, 0.717) is 5.41 Å². The Morgan fingerprint density at radius 1 is 0.500 bits per heavy atom. The molecule has 0 amide bonds. The van der Waals surface area contributed by atoms with Gasteiger partial charge in [-0.2, -0.15) is 0 Å².